The summed E-state index contributed by atoms with van der Waals surface area (Å²) in [5.74, 6) is 0. The number of allylic oxidation sites excluding steroid dienone is 1. The van der Waals surface area contributed by atoms with Crippen LogP contribution in [0.5, 0.6) is 0 Å². The van der Waals surface area contributed by atoms with E-state index in [2.05, 4.69) is 6.92 Å². The normalized spacial score (nSPS) is 19.8. The average molecular weight is 140 g/mol. The molecule has 1 aliphatic rings. The molecular formula is C9H16O. The fourth-order valence-corrected chi connectivity index (χ4v) is 1.49. The van der Waals surface area contributed by atoms with Crippen molar-refractivity contribution in [2.45, 2.75) is 32.6 Å². The van der Waals surface area contributed by atoms with Gasteiger partial charge in [0.25, 0.3) is 0 Å². The Kier molecular flexibility index (Phi) is 2.94. The van der Waals surface area contributed by atoms with Crippen molar-refractivity contribution in [3.05, 3.63) is 11.1 Å². The molecule has 58 valence electrons. The number of ether oxygens (including phenoxy) is 1. The number of hydrogen-bond donors (Lipinski definition) is 0. The van der Waals surface area contributed by atoms with Crippen molar-refractivity contribution in [3.63, 3.8) is 0 Å². The molecule has 0 radical (unpaired) electrons. The van der Waals surface area contributed by atoms with Gasteiger partial charge in [-0.3, -0.25) is 0 Å². The molecule has 0 aliphatic heterocycles. The van der Waals surface area contributed by atoms with Crippen LogP contribution in [0, 0.1) is 0 Å². The van der Waals surface area contributed by atoms with Crippen LogP contribution in [0.4, 0.5) is 0 Å². The highest BCUT2D eigenvalue weighted by Crippen LogP contribution is 2.23. The molecule has 0 unspecified atom stereocenters. The third kappa shape index (κ3) is 1.84. The summed E-state index contributed by atoms with van der Waals surface area (Å²) in [6.07, 6.45) is 5.29. The molecule has 0 aromatic carbocycles. The van der Waals surface area contributed by atoms with E-state index in [4.69, 9.17) is 4.74 Å². The molecule has 1 heteroatoms. The number of methoxy groups -OCH3 is 1. The zero-order valence-electron chi connectivity index (χ0n) is 6.94. The Morgan fingerprint density at radius 2 is 2.00 bits per heavy atom. The maximum atomic E-state index is 5.09. The fourth-order valence-electron chi connectivity index (χ4n) is 1.49. The van der Waals surface area contributed by atoms with Gasteiger partial charge in [-0.2, -0.15) is 0 Å². The molecular weight excluding hydrogens is 124 g/mol. The van der Waals surface area contributed by atoms with Crippen LogP contribution in [0.2, 0.25) is 0 Å². The smallest absolute Gasteiger partial charge is 0.0675 e. The van der Waals surface area contributed by atoms with Crippen LogP contribution >= 0.6 is 0 Å². The minimum absolute atomic E-state index is 0.853. The van der Waals surface area contributed by atoms with E-state index in [1.807, 2.05) is 0 Å². The van der Waals surface area contributed by atoms with E-state index in [0.717, 1.165) is 6.61 Å². The van der Waals surface area contributed by atoms with Crippen LogP contribution in [0.1, 0.15) is 32.6 Å². The minimum Gasteiger partial charge on any atom is -0.380 e. The van der Waals surface area contributed by atoms with Gasteiger partial charge in [0.1, 0.15) is 0 Å². The van der Waals surface area contributed by atoms with E-state index in [0.29, 0.717) is 0 Å². The van der Waals surface area contributed by atoms with Gasteiger partial charge in [-0.25, -0.2) is 0 Å². The van der Waals surface area contributed by atoms with Crippen molar-refractivity contribution in [2.75, 3.05) is 13.7 Å². The van der Waals surface area contributed by atoms with Crippen LogP contribution in [-0.2, 0) is 4.74 Å². The van der Waals surface area contributed by atoms with E-state index < -0.39 is 0 Å². The molecule has 0 spiro atoms. The number of rotatable bonds is 2. The van der Waals surface area contributed by atoms with E-state index in [9.17, 15) is 0 Å². The maximum Gasteiger partial charge on any atom is 0.0675 e. The summed E-state index contributed by atoms with van der Waals surface area (Å²) in [5, 5.41) is 0. The standard InChI is InChI=1S/C9H16O/c1-8-5-3-4-6-9(8)7-10-2/h3-7H2,1-2H3. The first-order valence-electron chi connectivity index (χ1n) is 4.01. The molecule has 1 aliphatic carbocycles. The zero-order valence-corrected chi connectivity index (χ0v) is 6.94. The Morgan fingerprint density at radius 1 is 1.30 bits per heavy atom. The highest BCUT2D eigenvalue weighted by Gasteiger charge is 2.07. The van der Waals surface area contributed by atoms with Gasteiger partial charge in [0, 0.05) is 7.11 Å². The van der Waals surface area contributed by atoms with Gasteiger partial charge in [0.15, 0.2) is 0 Å². The lowest BCUT2D eigenvalue weighted by Gasteiger charge is -2.16. The second kappa shape index (κ2) is 3.77. The molecule has 10 heavy (non-hydrogen) atoms. The summed E-state index contributed by atoms with van der Waals surface area (Å²) in [6.45, 7) is 3.08. The van der Waals surface area contributed by atoms with Crippen molar-refractivity contribution in [1.82, 2.24) is 0 Å². The van der Waals surface area contributed by atoms with E-state index in [1.165, 1.54) is 31.3 Å². The van der Waals surface area contributed by atoms with Gasteiger partial charge in [-0.15, -0.1) is 0 Å². The maximum absolute atomic E-state index is 5.09. The van der Waals surface area contributed by atoms with Crippen molar-refractivity contribution in [2.24, 2.45) is 0 Å². The Labute approximate surface area is 63.1 Å². The summed E-state index contributed by atoms with van der Waals surface area (Å²) >= 11 is 0. The van der Waals surface area contributed by atoms with Gasteiger partial charge in [-0.1, -0.05) is 5.57 Å². The quantitative estimate of drug-likeness (QED) is 0.535. The molecule has 0 atom stereocenters. The average Bonchev–Trinajstić information content (AvgIpc) is 1.94. The number of hydrogen-bond acceptors (Lipinski definition) is 1. The predicted octanol–water partition coefficient (Wildman–Crippen LogP) is 2.52. The van der Waals surface area contributed by atoms with Gasteiger partial charge in [0.05, 0.1) is 6.61 Å². The third-order valence-corrected chi connectivity index (χ3v) is 2.20. The first kappa shape index (κ1) is 7.80. The van der Waals surface area contributed by atoms with Gasteiger partial charge in [0.2, 0.25) is 0 Å². The molecule has 0 bridgehead atoms. The van der Waals surface area contributed by atoms with Crippen molar-refractivity contribution in [1.29, 1.82) is 0 Å². The molecule has 0 fully saturated rings. The molecule has 0 saturated carbocycles. The zero-order chi connectivity index (χ0) is 7.40. The molecule has 0 aromatic rings. The van der Waals surface area contributed by atoms with Crippen molar-refractivity contribution >= 4 is 0 Å². The predicted molar refractivity (Wildman–Crippen MR) is 43.0 cm³/mol. The lowest BCUT2D eigenvalue weighted by Crippen LogP contribution is -2.02. The van der Waals surface area contributed by atoms with Crippen LogP contribution < -0.4 is 0 Å². The van der Waals surface area contributed by atoms with Gasteiger partial charge >= 0.3 is 0 Å². The Balaban J connectivity index is 2.50. The molecule has 0 aromatic heterocycles. The van der Waals surface area contributed by atoms with E-state index in [-0.39, 0.29) is 0 Å². The second-order valence-electron chi connectivity index (χ2n) is 3.02. The lowest BCUT2D eigenvalue weighted by atomic mass is 9.93. The monoisotopic (exact) mass is 140 g/mol. The minimum atomic E-state index is 0.853. The van der Waals surface area contributed by atoms with Gasteiger partial charge < -0.3 is 4.74 Å². The molecule has 0 saturated heterocycles. The summed E-state index contributed by atoms with van der Waals surface area (Å²) in [6, 6.07) is 0. The molecule has 1 nitrogen and oxygen atoms in total. The second-order valence-corrected chi connectivity index (χ2v) is 3.02. The highest BCUT2D eigenvalue weighted by molar-refractivity contribution is 5.14. The summed E-state index contributed by atoms with van der Waals surface area (Å²) in [5.41, 5.74) is 3.10. The Morgan fingerprint density at radius 3 is 2.60 bits per heavy atom. The first-order valence-corrected chi connectivity index (χ1v) is 4.01. The van der Waals surface area contributed by atoms with E-state index >= 15 is 0 Å². The lowest BCUT2D eigenvalue weighted by molar-refractivity contribution is 0.220. The topological polar surface area (TPSA) is 9.23 Å². The Bertz CT molecular complexity index is 136. The molecule has 0 amide bonds. The first-order chi connectivity index (χ1) is 4.84. The molecule has 0 N–H and O–H groups in total. The third-order valence-electron chi connectivity index (χ3n) is 2.20. The summed E-state index contributed by atoms with van der Waals surface area (Å²) in [4.78, 5) is 0. The van der Waals surface area contributed by atoms with Crippen molar-refractivity contribution in [3.8, 4) is 0 Å². The van der Waals surface area contributed by atoms with Crippen LogP contribution in [0.3, 0.4) is 0 Å². The fraction of sp³-hybridized carbons (Fsp3) is 0.778. The summed E-state index contributed by atoms with van der Waals surface area (Å²) < 4.78 is 5.09. The van der Waals surface area contributed by atoms with Gasteiger partial charge in [-0.05, 0) is 38.2 Å². The van der Waals surface area contributed by atoms with Crippen LogP contribution in [0.15, 0.2) is 11.1 Å². The Hall–Kier alpha value is -0.300. The largest absolute Gasteiger partial charge is 0.380 e. The summed E-state index contributed by atoms with van der Waals surface area (Å²) in [7, 11) is 1.77. The van der Waals surface area contributed by atoms with Crippen LogP contribution in [-0.4, -0.2) is 13.7 Å². The molecule has 1 rings (SSSR count). The van der Waals surface area contributed by atoms with Crippen LogP contribution in [0.25, 0.3) is 0 Å². The van der Waals surface area contributed by atoms with E-state index in [1.54, 1.807) is 12.7 Å². The SMILES string of the molecule is COCC1=C(C)CCCC1. The molecule has 0 heterocycles. The van der Waals surface area contributed by atoms with Crippen molar-refractivity contribution < 1.29 is 4.74 Å². The highest BCUT2D eigenvalue weighted by atomic mass is 16.5.